The molecule has 0 aromatic carbocycles. The van der Waals surface area contributed by atoms with E-state index in [0.29, 0.717) is 31.7 Å². The maximum absolute atomic E-state index is 11.5. The van der Waals surface area contributed by atoms with Crippen LogP contribution in [0, 0.1) is 5.92 Å². The molecule has 0 aromatic rings. The van der Waals surface area contributed by atoms with Crippen molar-refractivity contribution < 1.29 is 29.4 Å². The molecule has 5 N–H and O–H groups in total. The van der Waals surface area contributed by atoms with E-state index >= 15 is 0 Å². The van der Waals surface area contributed by atoms with Gasteiger partial charge in [0.25, 0.3) is 0 Å². The number of carbonyl (C=O) groups excluding carboxylic acids is 2. The third-order valence-corrected chi connectivity index (χ3v) is 3.19. The highest BCUT2D eigenvalue weighted by molar-refractivity contribution is 5.84. The van der Waals surface area contributed by atoms with E-state index in [1.54, 1.807) is 0 Å². The summed E-state index contributed by atoms with van der Waals surface area (Å²) in [6.07, 6.45) is 2.58. The summed E-state index contributed by atoms with van der Waals surface area (Å²) in [5.41, 5.74) is 0. The maximum Gasteiger partial charge on any atom is 0.326 e. The van der Waals surface area contributed by atoms with Crippen molar-refractivity contribution in [3.8, 4) is 0 Å². The number of hydrogen-bond donors (Lipinski definition) is 5. The van der Waals surface area contributed by atoms with Crippen LogP contribution in [0.1, 0.15) is 46.0 Å². The molecule has 0 saturated carbocycles. The smallest absolute Gasteiger partial charge is 0.326 e. The van der Waals surface area contributed by atoms with Crippen LogP contribution in [0.4, 0.5) is 4.79 Å². The Morgan fingerprint density at radius 1 is 0.958 bits per heavy atom. The number of unbranched alkanes of at least 4 members (excludes halogenated alkanes) is 1. The van der Waals surface area contributed by atoms with Crippen molar-refractivity contribution in [3.05, 3.63) is 0 Å². The first-order chi connectivity index (χ1) is 11.2. The lowest BCUT2D eigenvalue weighted by Gasteiger charge is -2.14. The van der Waals surface area contributed by atoms with Crippen LogP contribution in [0.2, 0.25) is 0 Å². The summed E-state index contributed by atoms with van der Waals surface area (Å²) in [6.45, 7) is 3.95. The van der Waals surface area contributed by atoms with Gasteiger partial charge in [0.2, 0.25) is 5.91 Å². The summed E-state index contributed by atoms with van der Waals surface area (Å²) >= 11 is 0. The molecule has 0 spiro atoms. The molecule has 9 heteroatoms. The Morgan fingerprint density at radius 2 is 1.62 bits per heavy atom. The fraction of sp³-hybridized carbons (Fsp3) is 0.733. The predicted molar refractivity (Wildman–Crippen MR) is 86.5 cm³/mol. The van der Waals surface area contributed by atoms with Gasteiger partial charge in [-0.05, 0) is 31.6 Å². The topological polar surface area (TPSA) is 145 Å². The second-order valence-electron chi connectivity index (χ2n) is 5.89. The molecule has 138 valence electrons. The van der Waals surface area contributed by atoms with Crippen LogP contribution in [-0.2, 0) is 14.4 Å². The summed E-state index contributed by atoms with van der Waals surface area (Å²) in [5, 5.41) is 24.5. The summed E-state index contributed by atoms with van der Waals surface area (Å²) < 4.78 is 0. The van der Waals surface area contributed by atoms with Gasteiger partial charge < -0.3 is 26.2 Å². The minimum Gasteiger partial charge on any atom is -0.480 e. The first-order valence-electron chi connectivity index (χ1n) is 7.98. The Hall–Kier alpha value is -2.32. The van der Waals surface area contributed by atoms with Gasteiger partial charge in [-0.25, -0.2) is 9.59 Å². The molecule has 0 aliphatic heterocycles. The lowest BCUT2D eigenvalue weighted by molar-refractivity contribution is -0.139. The normalized spacial score (nSPS) is 11.6. The zero-order chi connectivity index (χ0) is 18.5. The fourth-order valence-electron chi connectivity index (χ4n) is 1.83. The molecule has 24 heavy (non-hydrogen) atoms. The molecule has 0 aliphatic rings. The minimum atomic E-state index is -1.22. The van der Waals surface area contributed by atoms with E-state index in [1.165, 1.54) is 0 Å². The number of carboxylic acids is 2. The lowest BCUT2D eigenvalue weighted by atomic mass is 10.1. The van der Waals surface area contributed by atoms with Gasteiger partial charge in [0, 0.05) is 13.0 Å². The van der Waals surface area contributed by atoms with Gasteiger partial charge in [0.05, 0.1) is 0 Å². The Morgan fingerprint density at radius 3 is 2.17 bits per heavy atom. The minimum absolute atomic E-state index is 0.0235. The summed E-state index contributed by atoms with van der Waals surface area (Å²) in [5.74, 6) is -1.97. The lowest BCUT2D eigenvalue weighted by Crippen LogP contribution is -2.47. The fourth-order valence-corrected chi connectivity index (χ4v) is 1.83. The van der Waals surface area contributed by atoms with Gasteiger partial charge in [-0.1, -0.05) is 13.8 Å². The van der Waals surface area contributed by atoms with Crippen LogP contribution in [0.25, 0.3) is 0 Å². The Labute approximate surface area is 141 Å². The van der Waals surface area contributed by atoms with Gasteiger partial charge >= 0.3 is 18.0 Å². The van der Waals surface area contributed by atoms with E-state index in [0.717, 1.165) is 6.42 Å². The van der Waals surface area contributed by atoms with Gasteiger partial charge in [-0.2, -0.15) is 0 Å². The molecule has 0 aliphatic carbocycles. The summed E-state index contributed by atoms with van der Waals surface area (Å²) in [6, 6.07) is -1.94. The second kappa shape index (κ2) is 12.1. The molecule has 3 amide bonds. The first kappa shape index (κ1) is 21.7. The molecule has 0 heterocycles. The van der Waals surface area contributed by atoms with Crippen LogP contribution in [0.5, 0.6) is 0 Å². The van der Waals surface area contributed by atoms with E-state index in [2.05, 4.69) is 10.6 Å². The molecule has 0 saturated heterocycles. The number of carboxylic acid groups (broad SMARTS) is 2. The molecule has 0 fully saturated rings. The summed E-state index contributed by atoms with van der Waals surface area (Å²) in [7, 11) is 0. The molecule has 0 aromatic heterocycles. The van der Waals surface area contributed by atoms with Crippen molar-refractivity contribution >= 4 is 23.9 Å². The average Bonchev–Trinajstić information content (AvgIpc) is 2.49. The van der Waals surface area contributed by atoms with Crippen molar-refractivity contribution in [1.82, 2.24) is 16.0 Å². The zero-order valence-corrected chi connectivity index (χ0v) is 14.1. The SMILES string of the molecule is CC(C)CCC(=O)NCCCCC(NC(=O)NCC(=O)O)C(=O)O. The van der Waals surface area contributed by atoms with E-state index in [1.807, 2.05) is 19.2 Å². The van der Waals surface area contributed by atoms with E-state index in [-0.39, 0.29) is 12.3 Å². The van der Waals surface area contributed by atoms with Crippen LogP contribution >= 0.6 is 0 Å². The number of carbonyl (C=O) groups is 4. The monoisotopic (exact) mass is 345 g/mol. The number of hydrogen-bond acceptors (Lipinski definition) is 4. The number of rotatable bonds is 12. The number of aliphatic carboxylic acids is 2. The predicted octanol–water partition coefficient (Wildman–Crippen LogP) is 0.546. The van der Waals surface area contributed by atoms with E-state index in [9.17, 15) is 19.2 Å². The molecular weight excluding hydrogens is 318 g/mol. The van der Waals surface area contributed by atoms with Crippen LogP contribution in [0.3, 0.4) is 0 Å². The van der Waals surface area contributed by atoms with Crippen LogP contribution in [-0.4, -0.2) is 53.2 Å². The Kier molecular flexibility index (Phi) is 11.0. The quantitative estimate of drug-likeness (QED) is 0.327. The largest absolute Gasteiger partial charge is 0.480 e. The van der Waals surface area contributed by atoms with Gasteiger partial charge in [-0.15, -0.1) is 0 Å². The van der Waals surface area contributed by atoms with E-state index in [4.69, 9.17) is 10.2 Å². The Balaban J connectivity index is 3.93. The third-order valence-electron chi connectivity index (χ3n) is 3.19. The number of amides is 3. The third kappa shape index (κ3) is 12.2. The van der Waals surface area contributed by atoms with Gasteiger partial charge in [0.1, 0.15) is 12.6 Å². The van der Waals surface area contributed by atoms with E-state index < -0.39 is 30.6 Å². The first-order valence-corrected chi connectivity index (χ1v) is 7.98. The molecule has 0 rings (SSSR count). The highest BCUT2D eigenvalue weighted by atomic mass is 16.4. The molecule has 1 atom stereocenters. The highest BCUT2D eigenvalue weighted by Crippen LogP contribution is 2.04. The summed E-state index contributed by atoms with van der Waals surface area (Å²) in [4.78, 5) is 44.2. The van der Waals surface area contributed by atoms with Crippen LogP contribution < -0.4 is 16.0 Å². The van der Waals surface area contributed by atoms with Crippen molar-refractivity contribution in [2.24, 2.45) is 5.92 Å². The number of nitrogens with one attached hydrogen (secondary N) is 3. The second-order valence-corrected chi connectivity index (χ2v) is 5.89. The van der Waals surface area contributed by atoms with Crippen molar-refractivity contribution in [2.45, 2.75) is 52.0 Å². The molecule has 0 radical (unpaired) electrons. The Bertz CT molecular complexity index is 439. The average molecular weight is 345 g/mol. The number of urea groups is 1. The highest BCUT2D eigenvalue weighted by Gasteiger charge is 2.19. The molecule has 9 nitrogen and oxygen atoms in total. The zero-order valence-electron chi connectivity index (χ0n) is 14.1. The van der Waals surface area contributed by atoms with Gasteiger partial charge in [0.15, 0.2) is 0 Å². The molecule has 0 bridgehead atoms. The maximum atomic E-state index is 11.5. The van der Waals surface area contributed by atoms with Crippen molar-refractivity contribution in [1.29, 1.82) is 0 Å². The van der Waals surface area contributed by atoms with Crippen LogP contribution in [0.15, 0.2) is 0 Å². The molecular formula is C15H27N3O6. The van der Waals surface area contributed by atoms with Crippen molar-refractivity contribution in [3.63, 3.8) is 0 Å². The standard InChI is InChI=1S/C15H27N3O6/c1-10(2)6-7-12(19)16-8-4-3-5-11(14(22)23)18-15(24)17-9-13(20)21/h10-11H,3-9H2,1-2H3,(H,16,19)(H,20,21)(H,22,23)(H2,17,18,24). The van der Waals surface area contributed by atoms with Gasteiger partial charge in [-0.3, -0.25) is 9.59 Å². The van der Waals surface area contributed by atoms with Crippen molar-refractivity contribution in [2.75, 3.05) is 13.1 Å². The molecule has 1 unspecified atom stereocenters.